The summed E-state index contributed by atoms with van der Waals surface area (Å²) in [6.07, 6.45) is 0.265. The molecule has 27 heavy (non-hydrogen) atoms. The molecule has 0 saturated carbocycles. The van der Waals surface area contributed by atoms with Gasteiger partial charge >= 0.3 is 6.18 Å². The highest BCUT2D eigenvalue weighted by Gasteiger charge is 2.32. The van der Waals surface area contributed by atoms with Crippen molar-refractivity contribution in [2.75, 3.05) is 32.0 Å². The van der Waals surface area contributed by atoms with Crippen LogP contribution >= 0.6 is 11.3 Å². The summed E-state index contributed by atoms with van der Waals surface area (Å²) in [4.78, 5) is 16.9. The smallest absolute Gasteiger partial charge is 0.356 e. The average molecular weight is 401 g/mol. The summed E-state index contributed by atoms with van der Waals surface area (Å²) >= 11 is 1.70. The van der Waals surface area contributed by atoms with Gasteiger partial charge in [0, 0.05) is 50.4 Å². The van der Waals surface area contributed by atoms with Gasteiger partial charge in [-0.25, -0.2) is 15.0 Å². The maximum absolute atomic E-state index is 12.6. The first-order valence-corrected chi connectivity index (χ1v) is 9.26. The van der Waals surface area contributed by atoms with Gasteiger partial charge in [-0.1, -0.05) is 6.92 Å². The first-order chi connectivity index (χ1) is 12.9. The van der Waals surface area contributed by atoms with Gasteiger partial charge < -0.3 is 16.0 Å². The van der Waals surface area contributed by atoms with E-state index in [9.17, 15) is 13.2 Å². The first kappa shape index (κ1) is 20.9. The molecule has 0 radical (unpaired) electrons. The van der Waals surface area contributed by atoms with Gasteiger partial charge in [-0.05, 0) is 12.5 Å². The third-order valence-corrected chi connectivity index (χ3v) is 4.65. The topological polar surface area (TPSA) is 87.1 Å². The number of aromatic nitrogens is 3. The number of anilines is 1. The second kappa shape index (κ2) is 10.0. The lowest BCUT2D eigenvalue weighted by Crippen LogP contribution is -2.40. The number of guanidine groups is 1. The van der Waals surface area contributed by atoms with Gasteiger partial charge in [0.25, 0.3) is 0 Å². The molecule has 2 aromatic heterocycles. The summed E-state index contributed by atoms with van der Waals surface area (Å²) in [5.41, 5.74) is -0.973. The number of nitrogens with one attached hydrogen (secondary N) is 3. The standard InChI is InChI=1S/C16H22F3N7S/c1-3-11-10-25-13(27-11)5-7-21-14(20-2)23-8-9-24-15-22-6-4-12(26-15)16(17,18)19/h4,6,10H,3,5,7-9H2,1-2H3,(H2,20,21,23)(H,22,24,26). The molecule has 148 valence electrons. The van der Waals surface area contributed by atoms with Crippen LogP contribution in [0.2, 0.25) is 0 Å². The highest BCUT2D eigenvalue weighted by molar-refractivity contribution is 7.11. The first-order valence-electron chi connectivity index (χ1n) is 8.44. The van der Waals surface area contributed by atoms with Crippen molar-refractivity contribution in [2.24, 2.45) is 4.99 Å². The number of thiazole rings is 1. The Labute approximate surface area is 159 Å². The molecule has 2 heterocycles. The lowest BCUT2D eigenvalue weighted by atomic mass is 10.4. The van der Waals surface area contributed by atoms with E-state index < -0.39 is 11.9 Å². The van der Waals surface area contributed by atoms with E-state index in [1.165, 1.54) is 4.88 Å². The Hall–Kier alpha value is -2.43. The van der Waals surface area contributed by atoms with Gasteiger partial charge in [-0.15, -0.1) is 11.3 Å². The zero-order valence-electron chi connectivity index (χ0n) is 15.1. The van der Waals surface area contributed by atoms with Crippen molar-refractivity contribution in [3.05, 3.63) is 34.0 Å². The maximum atomic E-state index is 12.6. The monoisotopic (exact) mass is 401 g/mol. The third-order valence-electron chi connectivity index (χ3n) is 3.45. The van der Waals surface area contributed by atoms with Crippen molar-refractivity contribution >= 4 is 23.2 Å². The summed E-state index contributed by atoms with van der Waals surface area (Å²) in [6.45, 7) is 3.56. The van der Waals surface area contributed by atoms with Crippen molar-refractivity contribution in [2.45, 2.75) is 25.9 Å². The minimum Gasteiger partial charge on any atom is -0.356 e. The van der Waals surface area contributed by atoms with Crippen molar-refractivity contribution in [1.29, 1.82) is 0 Å². The molecule has 0 aromatic carbocycles. The van der Waals surface area contributed by atoms with E-state index in [0.717, 1.165) is 30.1 Å². The summed E-state index contributed by atoms with van der Waals surface area (Å²) < 4.78 is 37.8. The minimum absolute atomic E-state index is 0.0648. The number of hydrogen-bond acceptors (Lipinski definition) is 6. The average Bonchev–Trinajstić information content (AvgIpc) is 3.11. The number of hydrogen-bond donors (Lipinski definition) is 3. The number of aryl methyl sites for hydroxylation is 1. The number of alkyl halides is 3. The normalized spacial score (nSPS) is 12.1. The minimum atomic E-state index is -4.49. The zero-order valence-corrected chi connectivity index (χ0v) is 15.9. The summed E-state index contributed by atoms with van der Waals surface area (Å²) in [6, 6.07) is 0.834. The largest absolute Gasteiger partial charge is 0.433 e. The van der Waals surface area contributed by atoms with Crippen LogP contribution in [-0.4, -0.2) is 47.6 Å². The summed E-state index contributed by atoms with van der Waals surface area (Å²) in [5, 5.41) is 10.1. The Morgan fingerprint density at radius 2 is 1.96 bits per heavy atom. The van der Waals surface area contributed by atoms with Gasteiger partial charge in [0.15, 0.2) is 5.96 Å². The van der Waals surface area contributed by atoms with Crippen LogP contribution in [-0.2, 0) is 19.0 Å². The zero-order chi connectivity index (χ0) is 19.7. The van der Waals surface area contributed by atoms with Crippen LogP contribution in [0.15, 0.2) is 23.5 Å². The number of halogens is 3. The van der Waals surface area contributed by atoms with Crippen LogP contribution < -0.4 is 16.0 Å². The molecule has 0 aliphatic carbocycles. The molecule has 3 N–H and O–H groups in total. The van der Waals surface area contributed by atoms with Crippen LogP contribution in [0, 0.1) is 0 Å². The van der Waals surface area contributed by atoms with Gasteiger partial charge in [0.2, 0.25) is 5.95 Å². The van der Waals surface area contributed by atoms with E-state index in [1.54, 1.807) is 18.4 Å². The van der Waals surface area contributed by atoms with E-state index in [-0.39, 0.29) is 5.95 Å². The van der Waals surface area contributed by atoms with E-state index in [4.69, 9.17) is 0 Å². The van der Waals surface area contributed by atoms with Crippen LogP contribution in [0.5, 0.6) is 0 Å². The highest BCUT2D eigenvalue weighted by atomic mass is 32.1. The van der Waals surface area contributed by atoms with Gasteiger partial charge in [-0.2, -0.15) is 13.2 Å². The van der Waals surface area contributed by atoms with Crippen LogP contribution in [0.25, 0.3) is 0 Å². The number of nitrogens with zero attached hydrogens (tertiary/aromatic N) is 4. The van der Waals surface area contributed by atoms with Gasteiger partial charge in [-0.3, -0.25) is 4.99 Å². The van der Waals surface area contributed by atoms with Gasteiger partial charge in [0.1, 0.15) is 5.69 Å². The van der Waals surface area contributed by atoms with E-state index in [2.05, 4.69) is 42.8 Å². The quantitative estimate of drug-likeness (QED) is 0.358. The summed E-state index contributed by atoms with van der Waals surface area (Å²) in [7, 11) is 1.65. The lowest BCUT2D eigenvalue weighted by Gasteiger charge is -2.12. The predicted octanol–water partition coefficient (Wildman–Crippen LogP) is 2.33. The summed E-state index contributed by atoms with van der Waals surface area (Å²) in [5.74, 6) is 0.541. The molecule has 2 aromatic rings. The Bertz CT molecular complexity index is 746. The van der Waals surface area contributed by atoms with Crippen molar-refractivity contribution in [3.63, 3.8) is 0 Å². The molecule has 0 aliphatic heterocycles. The second-order valence-corrected chi connectivity index (χ2v) is 6.64. The third kappa shape index (κ3) is 7.00. The molecule has 11 heteroatoms. The van der Waals surface area contributed by atoms with Crippen LogP contribution in [0.3, 0.4) is 0 Å². The predicted molar refractivity (Wildman–Crippen MR) is 100 cm³/mol. The Morgan fingerprint density at radius 3 is 2.63 bits per heavy atom. The van der Waals surface area contributed by atoms with Crippen LogP contribution in [0.1, 0.15) is 22.5 Å². The molecule has 0 bridgehead atoms. The number of aliphatic imine (C=N–C) groups is 1. The molecule has 0 aliphatic rings. The lowest BCUT2D eigenvalue weighted by molar-refractivity contribution is -0.141. The van der Waals surface area contributed by atoms with E-state index in [0.29, 0.717) is 25.6 Å². The molecule has 2 rings (SSSR count). The van der Waals surface area contributed by atoms with Crippen LogP contribution in [0.4, 0.5) is 19.1 Å². The van der Waals surface area contributed by atoms with E-state index >= 15 is 0 Å². The SMILES string of the molecule is CCc1cnc(CCNC(=NC)NCCNc2nccc(C(F)(F)F)n2)s1. The Morgan fingerprint density at radius 1 is 1.19 bits per heavy atom. The Balaban J connectivity index is 1.69. The van der Waals surface area contributed by atoms with E-state index in [1.807, 2.05) is 6.20 Å². The molecule has 0 saturated heterocycles. The molecular formula is C16H22F3N7S. The van der Waals surface area contributed by atoms with Crippen molar-refractivity contribution in [1.82, 2.24) is 25.6 Å². The molecule has 0 unspecified atom stereocenters. The fraction of sp³-hybridized carbons (Fsp3) is 0.500. The number of rotatable bonds is 8. The highest BCUT2D eigenvalue weighted by Crippen LogP contribution is 2.27. The van der Waals surface area contributed by atoms with Crippen molar-refractivity contribution < 1.29 is 13.2 Å². The second-order valence-electron chi connectivity index (χ2n) is 5.44. The molecule has 7 nitrogen and oxygen atoms in total. The molecular weight excluding hydrogens is 379 g/mol. The van der Waals surface area contributed by atoms with Gasteiger partial charge in [0.05, 0.1) is 5.01 Å². The fourth-order valence-electron chi connectivity index (χ4n) is 2.09. The molecule has 0 atom stereocenters. The molecule has 0 fully saturated rings. The maximum Gasteiger partial charge on any atom is 0.433 e. The molecule has 0 amide bonds. The molecule has 0 spiro atoms. The van der Waals surface area contributed by atoms with Crippen molar-refractivity contribution in [3.8, 4) is 0 Å². The fourth-order valence-corrected chi connectivity index (χ4v) is 2.95. The Kier molecular flexibility index (Phi) is 7.77.